The highest BCUT2D eigenvalue weighted by Gasteiger charge is 2.48. The lowest BCUT2D eigenvalue weighted by atomic mass is 10.1. The molecule has 1 aromatic carbocycles. The molecule has 3 nitrogen and oxygen atoms in total. The second kappa shape index (κ2) is 4.38. The topological polar surface area (TPSA) is 49.6 Å². The van der Waals surface area contributed by atoms with Crippen LogP contribution in [0.1, 0.15) is 29.9 Å². The van der Waals surface area contributed by atoms with Crippen molar-refractivity contribution in [3.8, 4) is 17.3 Å². The van der Waals surface area contributed by atoms with Crippen LogP contribution in [-0.2, 0) is 5.41 Å². The van der Waals surface area contributed by atoms with Crippen LogP contribution in [0, 0.1) is 31.0 Å². The Morgan fingerprint density at radius 1 is 1.20 bits per heavy atom. The first-order chi connectivity index (χ1) is 9.54. The van der Waals surface area contributed by atoms with Gasteiger partial charge in [0.2, 0.25) is 0 Å². The minimum atomic E-state index is -0.504. The van der Waals surface area contributed by atoms with Crippen molar-refractivity contribution < 1.29 is 4.39 Å². The van der Waals surface area contributed by atoms with Crippen molar-refractivity contribution in [1.29, 1.82) is 5.26 Å². The monoisotopic (exact) mass is 267 g/mol. The van der Waals surface area contributed by atoms with Gasteiger partial charge < -0.3 is 0 Å². The predicted molar refractivity (Wildman–Crippen MR) is 73.4 cm³/mol. The molecule has 100 valence electrons. The minimum absolute atomic E-state index is 0.226. The Kier molecular flexibility index (Phi) is 2.79. The molecule has 0 saturated heterocycles. The summed E-state index contributed by atoms with van der Waals surface area (Å²) in [7, 11) is 0. The summed E-state index contributed by atoms with van der Waals surface area (Å²) in [5.74, 6) is 0.368. The van der Waals surface area contributed by atoms with Gasteiger partial charge in [-0.2, -0.15) is 5.26 Å². The Hall–Kier alpha value is -2.28. The van der Waals surface area contributed by atoms with E-state index in [1.807, 2.05) is 13.0 Å². The summed E-state index contributed by atoms with van der Waals surface area (Å²) in [6.45, 7) is 3.62. The zero-order valence-corrected chi connectivity index (χ0v) is 11.4. The molecule has 0 atom stereocenters. The maximum atomic E-state index is 13.4. The van der Waals surface area contributed by atoms with Gasteiger partial charge in [-0.1, -0.05) is 0 Å². The first kappa shape index (κ1) is 12.7. The number of nitriles is 1. The molecule has 1 aliphatic rings. The number of benzene rings is 1. The molecule has 1 saturated carbocycles. The third-order valence-electron chi connectivity index (χ3n) is 3.70. The lowest BCUT2D eigenvalue weighted by Crippen LogP contribution is -2.10. The summed E-state index contributed by atoms with van der Waals surface area (Å²) in [5, 5.41) is 9.26. The van der Waals surface area contributed by atoms with Crippen LogP contribution in [0.25, 0.3) is 11.3 Å². The lowest BCUT2D eigenvalue weighted by molar-refractivity contribution is 0.618. The average molecular weight is 267 g/mol. The average Bonchev–Trinajstić information content (AvgIpc) is 3.22. The molecule has 0 bridgehead atoms. The fourth-order valence-corrected chi connectivity index (χ4v) is 2.24. The molecule has 4 heteroatoms. The Labute approximate surface area is 117 Å². The number of hydrogen-bond donors (Lipinski definition) is 0. The maximum absolute atomic E-state index is 13.4. The Morgan fingerprint density at radius 3 is 2.55 bits per heavy atom. The maximum Gasteiger partial charge on any atom is 0.149 e. The Balaban J connectivity index is 2.10. The van der Waals surface area contributed by atoms with E-state index < -0.39 is 5.41 Å². The number of aromatic nitrogens is 2. The van der Waals surface area contributed by atoms with Gasteiger partial charge in [0.15, 0.2) is 0 Å². The van der Waals surface area contributed by atoms with Crippen LogP contribution >= 0.6 is 0 Å². The summed E-state index contributed by atoms with van der Waals surface area (Å²) in [5.41, 5.74) is 2.51. The molecule has 0 aliphatic heterocycles. The number of rotatable bonds is 2. The standard InChI is InChI=1S/C16H14FN3/c1-10-7-12(3-4-13(10)17)14-8-11(2)19-15(20-14)16(9-18)5-6-16/h3-4,7-8H,5-6H2,1-2H3. The molecular formula is C16H14FN3. The molecule has 0 unspecified atom stereocenters. The summed E-state index contributed by atoms with van der Waals surface area (Å²) in [6.07, 6.45) is 1.63. The molecule has 3 rings (SSSR count). The molecule has 0 N–H and O–H groups in total. The zero-order valence-electron chi connectivity index (χ0n) is 11.4. The van der Waals surface area contributed by atoms with Crippen LogP contribution in [0.5, 0.6) is 0 Å². The molecule has 20 heavy (non-hydrogen) atoms. The van der Waals surface area contributed by atoms with Crippen LogP contribution in [0.4, 0.5) is 4.39 Å². The highest BCUT2D eigenvalue weighted by molar-refractivity contribution is 5.61. The van der Waals surface area contributed by atoms with Crippen molar-refractivity contribution in [3.05, 3.63) is 47.2 Å². The SMILES string of the molecule is Cc1cc(-c2ccc(F)c(C)c2)nc(C2(C#N)CC2)n1. The second-order valence-electron chi connectivity index (χ2n) is 5.38. The highest BCUT2D eigenvalue weighted by Crippen LogP contribution is 2.46. The van der Waals surface area contributed by atoms with Crippen LogP contribution in [0.15, 0.2) is 24.3 Å². The Bertz CT molecular complexity index is 727. The van der Waals surface area contributed by atoms with Gasteiger partial charge >= 0.3 is 0 Å². The van der Waals surface area contributed by atoms with Crippen LogP contribution in [0.3, 0.4) is 0 Å². The van der Waals surface area contributed by atoms with Gasteiger partial charge in [-0.15, -0.1) is 0 Å². The van der Waals surface area contributed by atoms with Crippen molar-refractivity contribution in [2.45, 2.75) is 32.1 Å². The predicted octanol–water partition coefficient (Wildman–Crippen LogP) is 3.45. The molecule has 1 aliphatic carbocycles. The van der Waals surface area contributed by atoms with E-state index in [1.165, 1.54) is 6.07 Å². The summed E-state index contributed by atoms with van der Waals surface area (Å²) in [6, 6.07) is 9.10. The van der Waals surface area contributed by atoms with Crippen molar-refractivity contribution in [2.75, 3.05) is 0 Å². The summed E-state index contributed by atoms with van der Waals surface area (Å²) in [4.78, 5) is 8.92. The van der Waals surface area contributed by atoms with Crippen molar-refractivity contribution in [1.82, 2.24) is 9.97 Å². The smallest absolute Gasteiger partial charge is 0.149 e. The Morgan fingerprint density at radius 2 is 1.95 bits per heavy atom. The molecule has 1 aromatic heterocycles. The second-order valence-corrected chi connectivity index (χ2v) is 5.38. The van der Waals surface area contributed by atoms with Gasteiger partial charge in [0.1, 0.15) is 17.1 Å². The minimum Gasteiger partial charge on any atom is -0.236 e. The fourth-order valence-electron chi connectivity index (χ4n) is 2.24. The van der Waals surface area contributed by atoms with Crippen LogP contribution in [0.2, 0.25) is 0 Å². The van der Waals surface area contributed by atoms with E-state index in [0.717, 1.165) is 29.8 Å². The van der Waals surface area contributed by atoms with Crippen molar-refractivity contribution in [2.24, 2.45) is 0 Å². The summed E-state index contributed by atoms with van der Waals surface area (Å²) >= 11 is 0. The molecule has 0 spiro atoms. The van der Waals surface area contributed by atoms with E-state index in [1.54, 1.807) is 19.1 Å². The van der Waals surface area contributed by atoms with E-state index in [4.69, 9.17) is 0 Å². The largest absolute Gasteiger partial charge is 0.236 e. The van der Waals surface area contributed by atoms with E-state index in [-0.39, 0.29) is 5.82 Å². The van der Waals surface area contributed by atoms with Crippen molar-refractivity contribution in [3.63, 3.8) is 0 Å². The lowest BCUT2D eigenvalue weighted by Gasteiger charge is -2.09. The van der Waals surface area contributed by atoms with Gasteiger partial charge in [-0.25, -0.2) is 14.4 Å². The van der Waals surface area contributed by atoms with Gasteiger partial charge in [0.25, 0.3) is 0 Å². The van der Waals surface area contributed by atoms with E-state index in [2.05, 4.69) is 16.0 Å². The van der Waals surface area contributed by atoms with E-state index in [0.29, 0.717) is 11.4 Å². The molecule has 0 amide bonds. The third-order valence-corrected chi connectivity index (χ3v) is 3.70. The molecule has 1 heterocycles. The van der Waals surface area contributed by atoms with E-state index in [9.17, 15) is 9.65 Å². The van der Waals surface area contributed by atoms with E-state index >= 15 is 0 Å². The van der Waals surface area contributed by atoms with Gasteiger partial charge in [-0.3, -0.25) is 0 Å². The number of aryl methyl sites for hydroxylation is 2. The zero-order chi connectivity index (χ0) is 14.3. The molecular weight excluding hydrogens is 253 g/mol. The van der Waals surface area contributed by atoms with Crippen molar-refractivity contribution >= 4 is 0 Å². The van der Waals surface area contributed by atoms with Gasteiger partial charge in [0.05, 0.1) is 11.8 Å². The molecule has 0 radical (unpaired) electrons. The first-order valence-corrected chi connectivity index (χ1v) is 6.58. The molecule has 1 fully saturated rings. The number of halogens is 1. The first-order valence-electron chi connectivity index (χ1n) is 6.58. The van der Waals surface area contributed by atoms with Crippen LogP contribution in [-0.4, -0.2) is 9.97 Å². The van der Waals surface area contributed by atoms with Gasteiger partial charge in [0, 0.05) is 11.3 Å². The van der Waals surface area contributed by atoms with Crippen LogP contribution < -0.4 is 0 Å². The summed E-state index contributed by atoms with van der Waals surface area (Å²) < 4.78 is 13.4. The number of hydrogen-bond acceptors (Lipinski definition) is 3. The quantitative estimate of drug-likeness (QED) is 0.837. The van der Waals surface area contributed by atoms with Gasteiger partial charge in [-0.05, 0) is 56.5 Å². The third kappa shape index (κ3) is 2.05. The number of nitrogens with zero attached hydrogens (tertiary/aromatic N) is 3. The molecule has 2 aromatic rings. The fraction of sp³-hybridized carbons (Fsp3) is 0.312. The highest BCUT2D eigenvalue weighted by atomic mass is 19.1. The normalized spacial score (nSPS) is 15.7.